The SMILES string of the molecule is COCCC(=O)N1CCOC(COc2ccc(Cl)cc2)(CC(=O)N(C)Cc2ccccc2)C1. The van der Waals surface area contributed by atoms with Crippen LogP contribution in [-0.2, 0) is 25.6 Å². The lowest BCUT2D eigenvalue weighted by molar-refractivity contribution is -0.166. The molecule has 1 fully saturated rings. The Bertz CT molecular complexity index is 909. The maximum absolute atomic E-state index is 13.2. The molecule has 0 radical (unpaired) electrons. The van der Waals surface area contributed by atoms with E-state index in [0.29, 0.717) is 37.1 Å². The first kappa shape index (κ1) is 25.0. The average molecular weight is 475 g/mol. The Morgan fingerprint density at radius 3 is 2.58 bits per heavy atom. The molecule has 1 aliphatic rings. The van der Waals surface area contributed by atoms with Crippen LogP contribution in [0, 0.1) is 0 Å². The van der Waals surface area contributed by atoms with Gasteiger partial charge in [-0.3, -0.25) is 9.59 Å². The van der Waals surface area contributed by atoms with Crippen LogP contribution in [0.25, 0.3) is 0 Å². The first-order chi connectivity index (χ1) is 15.9. The molecule has 0 N–H and O–H groups in total. The van der Waals surface area contributed by atoms with Crippen molar-refractivity contribution >= 4 is 23.4 Å². The number of ether oxygens (including phenoxy) is 3. The van der Waals surface area contributed by atoms with Crippen molar-refractivity contribution in [2.45, 2.75) is 25.0 Å². The molecule has 2 amide bonds. The third-order valence-corrected chi connectivity index (χ3v) is 5.85. The standard InChI is InChI=1S/C25H31ClN2O5/c1-27(17-20-6-4-3-5-7-20)24(30)16-25(19-32-22-10-8-21(26)9-11-22)18-28(13-15-33-25)23(29)12-14-31-2/h3-11H,12-19H2,1-2H3. The van der Waals surface area contributed by atoms with E-state index in [1.54, 1.807) is 48.2 Å². The average Bonchev–Trinajstić information content (AvgIpc) is 2.83. The molecule has 0 bridgehead atoms. The lowest BCUT2D eigenvalue weighted by Gasteiger charge is -2.42. The molecule has 1 saturated heterocycles. The van der Waals surface area contributed by atoms with Gasteiger partial charge in [-0.05, 0) is 29.8 Å². The second-order valence-corrected chi connectivity index (χ2v) is 8.68. The van der Waals surface area contributed by atoms with Gasteiger partial charge in [-0.1, -0.05) is 41.9 Å². The normalized spacial score (nSPS) is 18.1. The summed E-state index contributed by atoms with van der Waals surface area (Å²) in [4.78, 5) is 29.2. The molecule has 178 valence electrons. The van der Waals surface area contributed by atoms with Gasteiger partial charge in [-0.15, -0.1) is 0 Å². The molecule has 3 rings (SSSR count). The van der Waals surface area contributed by atoms with Crippen molar-refractivity contribution in [3.63, 3.8) is 0 Å². The highest BCUT2D eigenvalue weighted by Crippen LogP contribution is 2.26. The van der Waals surface area contributed by atoms with Crippen LogP contribution in [0.1, 0.15) is 18.4 Å². The summed E-state index contributed by atoms with van der Waals surface area (Å²) < 4.78 is 17.2. The van der Waals surface area contributed by atoms with Gasteiger partial charge in [0.05, 0.1) is 32.6 Å². The molecule has 0 aromatic heterocycles. The van der Waals surface area contributed by atoms with Crippen molar-refractivity contribution in [3.8, 4) is 5.75 Å². The number of methoxy groups -OCH3 is 1. The summed E-state index contributed by atoms with van der Waals surface area (Å²) in [5, 5.41) is 0.610. The van der Waals surface area contributed by atoms with Gasteiger partial charge in [0.2, 0.25) is 11.8 Å². The zero-order chi connectivity index (χ0) is 23.7. The Balaban J connectivity index is 1.72. The summed E-state index contributed by atoms with van der Waals surface area (Å²) >= 11 is 5.97. The quantitative estimate of drug-likeness (QED) is 0.528. The number of rotatable bonds is 10. The lowest BCUT2D eigenvalue weighted by Crippen LogP contribution is -2.58. The van der Waals surface area contributed by atoms with E-state index in [1.807, 2.05) is 30.3 Å². The first-order valence-electron chi connectivity index (χ1n) is 11.0. The Kier molecular flexibility index (Phi) is 9.11. The van der Waals surface area contributed by atoms with Crippen molar-refractivity contribution in [3.05, 3.63) is 65.2 Å². The van der Waals surface area contributed by atoms with E-state index in [0.717, 1.165) is 5.56 Å². The second-order valence-electron chi connectivity index (χ2n) is 8.24. The number of nitrogens with zero attached hydrogens (tertiary/aromatic N) is 2. The van der Waals surface area contributed by atoms with E-state index in [2.05, 4.69) is 0 Å². The first-order valence-corrected chi connectivity index (χ1v) is 11.4. The topological polar surface area (TPSA) is 68.3 Å². The predicted octanol–water partition coefficient (Wildman–Crippen LogP) is 3.40. The van der Waals surface area contributed by atoms with Crippen molar-refractivity contribution in [1.82, 2.24) is 9.80 Å². The van der Waals surface area contributed by atoms with Crippen LogP contribution >= 0.6 is 11.6 Å². The molecular weight excluding hydrogens is 444 g/mol. The van der Waals surface area contributed by atoms with Crippen molar-refractivity contribution < 1.29 is 23.8 Å². The molecule has 0 aliphatic carbocycles. The lowest BCUT2D eigenvalue weighted by atomic mass is 9.96. The molecule has 1 unspecified atom stereocenters. The molecule has 2 aromatic rings. The molecule has 33 heavy (non-hydrogen) atoms. The van der Waals surface area contributed by atoms with Gasteiger partial charge < -0.3 is 24.0 Å². The predicted molar refractivity (Wildman–Crippen MR) is 126 cm³/mol. The number of morpholine rings is 1. The molecule has 2 aromatic carbocycles. The zero-order valence-electron chi connectivity index (χ0n) is 19.2. The van der Waals surface area contributed by atoms with Gasteiger partial charge in [0.15, 0.2) is 0 Å². The Hall–Kier alpha value is -2.61. The molecule has 8 heteroatoms. The highest BCUT2D eigenvalue weighted by atomic mass is 35.5. The molecule has 7 nitrogen and oxygen atoms in total. The number of halogens is 1. The van der Waals surface area contributed by atoms with Crippen molar-refractivity contribution in [2.75, 3.05) is 47.1 Å². The van der Waals surface area contributed by atoms with Gasteiger partial charge in [-0.25, -0.2) is 0 Å². The molecule has 1 atom stereocenters. The highest BCUT2D eigenvalue weighted by Gasteiger charge is 2.41. The van der Waals surface area contributed by atoms with Gasteiger partial charge in [-0.2, -0.15) is 0 Å². The van der Waals surface area contributed by atoms with Crippen molar-refractivity contribution in [2.24, 2.45) is 0 Å². The van der Waals surface area contributed by atoms with Crippen LogP contribution in [-0.4, -0.2) is 74.3 Å². The summed E-state index contributed by atoms with van der Waals surface area (Å²) in [6.07, 6.45) is 0.379. The number of carbonyl (C=O) groups excluding carboxylic acids is 2. The van der Waals surface area contributed by atoms with Gasteiger partial charge in [0, 0.05) is 32.3 Å². The zero-order valence-corrected chi connectivity index (χ0v) is 19.9. The molecule has 0 saturated carbocycles. The van der Waals surface area contributed by atoms with E-state index >= 15 is 0 Å². The maximum atomic E-state index is 13.2. The monoisotopic (exact) mass is 474 g/mol. The number of benzene rings is 2. The summed E-state index contributed by atoms with van der Waals surface area (Å²) in [7, 11) is 3.34. The summed E-state index contributed by atoms with van der Waals surface area (Å²) in [5.74, 6) is 0.515. The molecule has 1 heterocycles. The minimum atomic E-state index is -0.956. The summed E-state index contributed by atoms with van der Waals surface area (Å²) in [6, 6.07) is 16.8. The number of hydrogen-bond acceptors (Lipinski definition) is 5. The van der Waals surface area contributed by atoms with E-state index in [-0.39, 0.29) is 37.8 Å². The van der Waals surface area contributed by atoms with Crippen LogP contribution in [0.5, 0.6) is 5.75 Å². The summed E-state index contributed by atoms with van der Waals surface area (Å²) in [6.45, 7) is 2.05. The fraction of sp³-hybridized carbons (Fsp3) is 0.440. The Labute approximate surface area is 200 Å². The van der Waals surface area contributed by atoms with Crippen LogP contribution in [0.4, 0.5) is 0 Å². The summed E-state index contributed by atoms with van der Waals surface area (Å²) in [5.41, 5.74) is 0.0867. The third kappa shape index (κ3) is 7.45. The largest absolute Gasteiger partial charge is 0.490 e. The fourth-order valence-electron chi connectivity index (χ4n) is 3.75. The van der Waals surface area contributed by atoms with Gasteiger partial charge >= 0.3 is 0 Å². The fourth-order valence-corrected chi connectivity index (χ4v) is 3.88. The maximum Gasteiger partial charge on any atom is 0.225 e. The second kappa shape index (κ2) is 12.0. The highest BCUT2D eigenvalue weighted by molar-refractivity contribution is 6.30. The molecular formula is C25H31ClN2O5. The minimum Gasteiger partial charge on any atom is -0.490 e. The number of carbonyl (C=O) groups is 2. The van der Waals surface area contributed by atoms with Crippen LogP contribution in [0.15, 0.2) is 54.6 Å². The van der Waals surface area contributed by atoms with E-state index in [1.165, 1.54) is 0 Å². The number of hydrogen-bond donors (Lipinski definition) is 0. The van der Waals surface area contributed by atoms with Crippen LogP contribution in [0.2, 0.25) is 5.02 Å². The Morgan fingerprint density at radius 2 is 1.88 bits per heavy atom. The minimum absolute atomic E-state index is 0.0268. The third-order valence-electron chi connectivity index (χ3n) is 5.60. The van der Waals surface area contributed by atoms with Gasteiger partial charge in [0.25, 0.3) is 0 Å². The molecule has 1 aliphatic heterocycles. The smallest absolute Gasteiger partial charge is 0.225 e. The van der Waals surface area contributed by atoms with E-state index in [9.17, 15) is 9.59 Å². The Morgan fingerprint density at radius 1 is 1.15 bits per heavy atom. The van der Waals surface area contributed by atoms with Crippen molar-refractivity contribution in [1.29, 1.82) is 0 Å². The van der Waals surface area contributed by atoms with Gasteiger partial charge in [0.1, 0.15) is 18.0 Å². The van der Waals surface area contributed by atoms with Crippen LogP contribution < -0.4 is 4.74 Å². The number of amides is 2. The molecule has 0 spiro atoms. The van der Waals surface area contributed by atoms with E-state index in [4.69, 9.17) is 25.8 Å². The van der Waals surface area contributed by atoms with Crippen LogP contribution in [0.3, 0.4) is 0 Å². The van der Waals surface area contributed by atoms with E-state index < -0.39 is 5.60 Å².